The normalized spacial score (nSPS) is 11.8. The van der Waals surface area contributed by atoms with Gasteiger partial charge in [-0.15, -0.1) is 0 Å². The first-order valence-corrected chi connectivity index (χ1v) is 8.30. The molecule has 0 aromatic heterocycles. The predicted molar refractivity (Wildman–Crippen MR) is 100 cm³/mol. The molecule has 1 amide bonds. The van der Waals surface area contributed by atoms with Gasteiger partial charge in [0.2, 0.25) is 0 Å². The lowest BCUT2D eigenvalue weighted by Crippen LogP contribution is -2.32. The number of hydrogen-bond acceptors (Lipinski definition) is 3. The topological polar surface area (TPSA) is 47.6 Å². The molecule has 0 radical (unpaired) electrons. The van der Waals surface area contributed by atoms with E-state index in [4.69, 9.17) is 9.47 Å². The van der Waals surface area contributed by atoms with Gasteiger partial charge in [-0.1, -0.05) is 49.4 Å². The van der Waals surface area contributed by atoms with Crippen molar-refractivity contribution >= 4 is 22.4 Å². The Morgan fingerprint density at radius 1 is 1.00 bits per heavy atom. The van der Waals surface area contributed by atoms with Crippen molar-refractivity contribution in [2.75, 3.05) is 12.4 Å². The summed E-state index contributed by atoms with van der Waals surface area (Å²) in [6, 6.07) is 21.2. The SMILES string of the molecule is CC[C@H](Oc1ccc2ccccc2c1)C(=O)Nc1ccccc1OC. The molecule has 0 aliphatic carbocycles. The monoisotopic (exact) mass is 335 g/mol. The summed E-state index contributed by atoms with van der Waals surface area (Å²) in [4.78, 5) is 12.6. The van der Waals surface area contributed by atoms with E-state index in [1.54, 1.807) is 19.2 Å². The minimum absolute atomic E-state index is 0.194. The fourth-order valence-corrected chi connectivity index (χ4v) is 2.69. The van der Waals surface area contributed by atoms with Crippen LogP contribution in [0.25, 0.3) is 10.8 Å². The summed E-state index contributed by atoms with van der Waals surface area (Å²) in [5, 5.41) is 5.10. The van der Waals surface area contributed by atoms with Crippen LogP contribution in [0.5, 0.6) is 11.5 Å². The van der Waals surface area contributed by atoms with E-state index in [0.717, 1.165) is 10.8 Å². The summed E-state index contributed by atoms with van der Waals surface area (Å²) in [6.45, 7) is 1.92. The molecular formula is C21H21NO3. The van der Waals surface area contributed by atoms with E-state index >= 15 is 0 Å². The van der Waals surface area contributed by atoms with E-state index in [1.165, 1.54) is 0 Å². The first-order valence-electron chi connectivity index (χ1n) is 8.30. The van der Waals surface area contributed by atoms with Gasteiger partial charge < -0.3 is 14.8 Å². The number of hydrogen-bond donors (Lipinski definition) is 1. The molecule has 1 N–H and O–H groups in total. The van der Waals surface area contributed by atoms with E-state index in [-0.39, 0.29) is 5.91 Å². The Morgan fingerprint density at radius 3 is 2.48 bits per heavy atom. The van der Waals surface area contributed by atoms with Crippen LogP contribution in [0.3, 0.4) is 0 Å². The maximum absolute atomic E-state index is 12.6. The molecule has 3 aromatic carbocycles. The lowest BCUT2D eigenvalue weighted by Gasteiger charge is -2.18. The lowest BCUT2D eigenvalue weighted by atomic mass is 10.1. The van der Waals surface area contributed by atoms with Crippen LogP contribution >= 0.6 is 0 Å². The van der Waals surface area contributed by atoms with Gasteiger partial charge in [0, 0.05) is 0 Å². The van der Waals surface area contributed by atoms with Crippen LogP contribution in [0, 0.1) is 0 Å². The Bertz CT molecular complexity index is 876. The fraction of sp³-hybridized carbons (Fsp3) is 0.190. The second kappa shape index (κ2) is 7.71. The number of carbonyl (C=O) groups excluding carboxylic acids is 1. The molecule has 0 aliphatic rings. The smallest absolute Gasteiger partial charge is 0.265 e. The number of rotatable bonds is 6. The van der Waals surface area contributed by atoms with Crippen LogP contribution in [-0.4, -0.2) is 19.1 Å². The average molecular weight is 335 g/mol. The molecule has 25 heavy (non-hydrogen) atoms. The minimum atomic E-state index is -0.578. The van der Waals surface area contributed by atoms with Gasteiger partial charge in [0.05, 0.1) is 12.8 Å². The van der Waals surface area contributed by atoms with E-state index < -0.39 is 6.10 Å². The minimum Gasteiger partial charge on any atom is -0.495 e. The Kier molecular flexibility index (Phi) is 5.19. The highest BCUT2D eigenvalue weighted by molar-refractivity contribution is 5.95. The van der Waals surface area contributed by atoms with Crippen molar-refractivity contribution in [2.24, 2.45) is 0 Å². The largest absolute Gasteiger partial charge is 0.495 e. The maximum atomic E-state index is 12.6. The van der Waals surface area contributed by atoms with Crippen LogP contribution in [0.15, 0.2) is 66.7 Å². The van der Waals surface area contributed by atoms with Crippen LogP contribution < -0.4 is 14.8 Å². The summed E-state index contributed by atoms with van der Waals surface area (Å²) >= 11 is 0. The summed E-state index contributed by atoms with van der Waals surface area (Å²) in [7, 11) is 1.58. The molecule has 0 saturated heterocycles. The molecule has 4 heteroatoms. The number of carbonyl (C=O) groups is 1. The maximum Gasteiger partial charge on any atom is 0.265 e. The average Bonchev–Trinajstić information content (AvgIpc) is 2.66. The van der Waals surface area contributed by atoms with Gasteiger partial charge in [0.25, 0.3) is 5.91 Å². The number of fused-ring (bicyclic) bond motifs is 1. The molecule has 4 nitrogen and oxygen atoms in total. The van der Waals surface area contributed by atoms with Crippen LogP contribution in [0.2, 0.25) is 0 Å². The number of methoxy groups -OCH3 is 1. The quantitative estimate of drug-likeness (QED) is 0.713. The zero-order valence-electron chi connectivity index (χ0n) is 14.4. The van der Waals surface area contributed by atoms with Gasteiger partial charge in [-0.05, 0) is 41.5 Å². The summed E-state index contributed by atoms with van der Waals surface area (Å²) in [6.07, 6.45) is -0.0144. The third-order valence-corrected chi connectivity index (χ3v) is 4.03. The van der Waals surface area contributed by atoms with Crippen LogP contribution in [0.1, 0.15) is 13.3 Å². The van der Waals surface area contributed by atoms with Gasteiger partial charge in [0.15, 0.2) is 6.10 Å². The number of para-hydroxylation sites is 2. The van der Waals surface area contributed by atoms with Gasteiger partial charge in [-0.3, -0.25) is 4.79 Å². The highest BCUT2D eigenvalue weighted by Crippen LogP contribution is 2.25. The number of benzene rings is 3. The molecule has 0 spiro atoms. The molecule has 0 heterocycles. The van der Waals surface area contributed by atoms with Gasteiger partial charge in [-0.2, -0.15) is 0 Å². The van der Waals surface area contributed by atoms with E-state index in [0.29, 0.717) is 23.6 Å². The molecule has 0 bridgehead atoms. The standard InChI is InChI=1S/C21H21NO3/c1-3-19(21(23)22-18-10-6-7-11-20(18)24-2)25-17-13-12-15-8-4-5-9-16(15)14-17/h4-14,19H,3H2,1-2H3,(H,22,23)/t19-/m0/s1. The van der Waals surface area contributed by atoms with Crippen molar-refractivity contribution in [3.63, 3.8) is 0 Å². The van der Waals surface area contributed by atoms with Crippen molar-refractivity contribution in [1.29, 1.82) is 0 Å². The Balaban J connectivity index is 1.75. The molecule has 3 aromatic rings. The first kappa shape index (κ1) is 16.8. The van der Waals surface area contributed by atoms with E-state index in [1.807, 2.05) is 61.5 Å². The number of nitrogens with one attached hydrogen (secondary N) is 1. The van der Waals surface area contributed by atoms with Crippen LogP contribution in [0.4, 0.5) is 5.69 Å². The molecule has 128 valence electrons. The first-order chi connectivity index (χ1) is 12.2. The number of anilines is 1. The predicted octanol–water partition coefficient (Wildman–Crippen LogP) is 4.64. The number of ether oxygens (including phenoxy) is 2. The second-order valence-electron chi connectivity index (χ2n) is 5.71. The third kappa shape index (κ3) is 3.91. The van der Waals surface area contributed by atoms with Crippen molar-refractivity contribution < 1.29 is 14.3 Å². The van der Waals surface area contributed by atoms with Crippen molar-refractivity contribution in [2.45, 2.75) is 19.4 Å². The second-order valence-corrected chi connectivity index (χ2v) is 5.71. The molecule has 0 aliphatic heterocycles. The van der Waals surface area contributed by atoms with Gasteiger partial charge in [0.1, 0.15) is 11.5 Å². The Morgan fingerprint density at radius 2 is 1.72 bits per heavy atom. The van der Waals surface area contributed by atoms with Crippen molar-refractivity contribution in [3.05, 3.63) is 66.7 Å². The van der Waals surface area contributed by atoms with E-state index in [9.17, 15) is 4.79 Å². The summed E-state index contributed by atoms with van der Waals surface area (Å²) in [5.41, 5.74) is 0.635. The summed E-state index contributed by atoms with van der Waals surface area (Å²) in [5.74, 6) is 1.11. The summed E-state index contributed by atoms with van der Waals surface area (Å²) < 4.78 is 11.2. The highest BCUT2D eigenvalue weighted by atomic mass is 16.5. The zero-order chi connectivity index (χ0) is 17.6. The Hall–Kier alpha value is -3.01. The van der Waals surface area contributed by atoms with Gasteiger partial charge in [-0.25, -0.2) is 0 Å². The molecular weight excluding hydrogens is 314 g/mol. The molecule has 0 fully saturated rings. The lowest BCUT2D eigenvalue weighted by molar-refractivity contribution is -0.122. The molecule has 0 unspecified atom stereocenters. The van der Waals surface area contributed by atoms with Crippen molar-refractivity contribution in [1.82, 2.24) is 0 Å². The third-order valence-electron chi connectivity index (χ3n) is 4.03. The molecule has 0 saturated carbocycles. The number of amides is 1. The fourth-order valence-electron chi connectivity index (χ4n) is 2.69. The van der Waals surface area contributed by atoms with Crippen LogP contribution in [-0.2, 0) is 4.79 Å². The van der Waals surface area contributed by atoms with E-state index in [2.05, 4.69) is 5.32 Å². The highest BCUT2D eigenvalue weighted by Gasteiger charge is 2.19. The van der Waals surface area contributed by atoms with Gasteiger partial charge >= 0.3 is 0 Å². The Labute approximate surface area is 147 Å². The zero-order valence-corrected chi connectivity index (χ0v) is 14.4. The molecule has 3 rings (SSSR count). The van der Waals surface area contributed by atoms with Crippen molar-refractivity contribution in [3.8, 4) is 11.5 Å². The molecule has 1 atom stereocenters.